The van der Waals surface area contributed by atoms with E-state index in [1.54, 1.807) is 0 Å². The van der Waals surface area contributed by atoms with Gasteiger partial charge in [0.25, 0.3) is 0 Å². The van der Waals surface area contributed by atoms with E-state index in [0.717, 1.165) is 50.1 Å². The molecule has 1 aromatic heterocycles. The summed E-state index contributed by atoms with van der Waals surface area (Å²) in [5, 5.41) is 7.75. The number of anilines is 3. The van der Waals surface area contributed by atoms with Crippen LogP contribution in [0.2, 0.25) is 0 Å². The zero-order chi connectivity index (χ0) is 42.0. The molecule has 63 heavy (non-hydrogen) atoms. The molecule has 0 aliphatic carbocycles. The second-order valence-electron chi connectivity index (χ2n) is 16.1. The number of nitrogens with zero attached hydrogens (tertiary/aromatic N) is 1. The molecule has 0 spiro atoms. The van der Waals surface area contributed by atoms with Gasteiger partial charge >= 0.3 is 0 Å². The van der Waals surface area contributed by atoms with Crippen LogP contribution in [0.5, 0.6) is 0 Å². The predicted octanol–water partition coefficient (Wildman–Crippen LogP) is 13.4. The van der Waals surface area contributed by atoms with Gasteiger partial charge in [-0.1, -0.05) is 206 Å². The lowest BCUT2D eigenvalue weighted by atomic mass is 10.0. The Morgan fingerprint density at radius 2 is 0.587 bits per heavy atom. The molecule has 0 aliphatic heterocycles. The Morgan fingerprint density at radius 1 is 0.254 bits per heavy atom. The highest BCUT2D eigenvalue weighted by Crippen LogP contribution is 2.38. The topological polar surface area (TPSA) is 16.4 Å². The fraction of sp³-hybridized carbons (Fsp3) is 0. The van der Waals surface area contributed by atoms with Gasteiger partial charge in [0.2, 0.25) is 0 Å². The minimum absolute atomic E-state index is 0.901. The number of hydrogen-bond acceptors (Lipinski definition) is 2. The fourth-order valence-corrected chi connectivity index (χ4v) is 14.1. The molecule has 298 valence electrons. The first-order valence-electron chi connectivity index (χ1n) is 21.6. The molecule has 0 bridgehead atoms. The molecule has 0 unspecified atom stereocenters. The summed E-state index contributed by atoms with van der Waals surface area (Å²) in [6, 6.07) is 94.7. The maximum absolute atomic E-state index is 6.24. The molecule has 1 heterocycles. The Kier molecular flexibility index (Phi) is 9.93. The summed E-state index contributed by atoms with van der Waals surface area (Å²) in [5.74, 6) is 0. The van der Waals surface area contributed by atoms with Gasteiger partial charge in [0.15, 0.2) is 8.07 Å². The van der Waals surface area contributed by atoms with Crippen LogP contribution in [0.15, 0.2) is 265 Å². The van der Waals surface area contributed by atoms with Gasteiger partial charge in [-0.05, 0) is 109 Å². The number of fused-ring (bicyclic) bond motifs is 3. The van der Waals surface area contributed by atoms with Gasteiger partial charge in [0, 0.05) is 27.8 Å². The molecule has 11 aromatic rings. The van der Waals surface area contributed by atoms with Crippen molar-refractivity contribution in [2.24, 2.45) is 0 Å². The maximum atomic E-state index is 6.24. The van der Waals surface area contributed by atoms with Gasteiger partial charge in [0.1, 0.15) is 11.2 Å². The van der Waals surface area contributed by atoms with Crippen molar-refractivity contribution in [1.29, 1.82) is 0 Å². The summed E-state index contributed by atoms with van der Waals surface area (Å²) < 4.78 is 6.24. The highest BCUT2D eigenvalue weighted by Gasteiger charge is 2.41. The van der Waals surface area contributed by atoms with Crippen molar-refractivity contribution in [1.82, 2.24) is 0 Å². The minimum Gasteiger partial charge on any atom is -0.456 e. The van der Waals surface area contributed by atoms with Crippen LogP contribution in [0.1, 0.15) is 0 Å². The van der Waals surface area contributed by atoms with Crippen molar-refractivity contribution in [2.75, 3.05) is 4.90 Å². The van der Waals surface area contributed by atoms with Crippen molar-refractivity contribution >= 4 is 67.8 Å². The molecule has 0 atom stereocenters. The average Bonchev–Trinajstić information content (AvgIpc) is 3.75. The van der Waals surface area contributed by atoms with Crippen LogP contribution in [0, 0.1) is 0 Å². The van der Waals surface area contributed by atoms with Gasteiger partial charge in [-0.2, -0.15) is 0 Å². The quantitative estimate of drug-likeness (QED) is 0.101. The molecule has 0 aliphatic rings. The molecule has 10 aromatic carbocycles. The average molecular weight is 822 g/mol. The first-order chi connectivity index (χ1) is 31.2. The Labute approximate surface area is 369 Å². The molecular weight excluding hydrogens is 779 g/mol. The first kappa shape index (κ1) is 38.0. The van der Waals surface area contributed by atoms with E-state index in [4.69, 9.17) is 4.42 Å². The standard InChI is InChI=1S/C60H43NOSi/c1-5-15-44(16-6-1)45-25-34-50(35-26-45)61(52-38-29-48(30-39-52)49-33-42-58-57-23-13-14-24-59(57)62-60(58)43-49)51-36-27-46(28-37-51)47-31-40-56(41-32-47)63(53-17-7-2-8-18-53,54-19-9-3-10-20-54)55-21-11-4-12-22-55/h1-43H. The summed E-state index contributed by atoms with van der Waals surface area (Å²) in [6.45, 7) is 0. The normalized spacial score (nSPS) is 11.5. The third-order valence-corrected chi connectivity index (χ3v) is 17.3. The van der Waals surface area contributed by atoms with Crippen LogP contribution in [-0.2, 0) is 0 Å². The zero-order valence-electron chi connectivity index (χ0n) is 34.7. The van der Waals surface area contributed by atoms with Gasteiger partial charge in [-0.25, -0.2) is 0 Å². The molecule has 3 heteroatoms. The van der Waals surface area contributed by atoms with E-state index in [1.807, 2.05) is 12.1 Å². The molecule has 11 rings (SSSR count). The van der Waals surface area contributed by atoms with Gasteiger partial charge in [0.05, 0.1) is 0 Å². The fourth-order valence-electron chi connectivity index (χ4n) is 9.37. The van der Waals surface area contributed by atoms with Crippen LogP contribution in [0.4, 0.5) is 17.1 Å². The molecule has 2 nitrogen and oxygen atoms in total. The number of rotatable bonds is 10. The second-order valence-corrected chi connectivity index (χ2v) is 19.9. The number of para-hydroxylation sites is 1. The summed E-state index contributed by atoms with van der Waals surface area (Å²) in [7, 11) is -2.61. The lowest BCUT2D eigenvalue weighted by Gasteiger charge is -2.34. The molecule has 0 amide bonds. The van der Waals surface area contributed by atoms with E-state index in [0.29, 0.717) is 0 Å². The van der Waals surface area contributed by atoms with Crippen LogP contribution < -0.4 is 25.6 Å². The van der Waals surface area contributed by atoms with Crippen LogP contribution in [-0.4, -0.2) is 8.07 Å². The van der Waals surface area contributed by atoms with E-state index in [9.17, 15) is 0 Å². The van der Waals surface area contributed by atoms with Gasteiger partial charge in [-0.3, -0.25) is 0 Å². The summed E-state index contributed by atoms with van der Waals surface area (Å²) in [5.41, 5.74) is 12.1. The Balaban J connectivity index is 0.947. The SMILES string of the molecule is c1ccc(-c2ccc(N(c3ccc(-c4ccc([Si](c5ccccc5)(c5ccccc5)c5ccccc5)cc4)cc3)c3ccc(-c4ccc5c(c4)oc4ccccc45)cc3)cc2)cc1. The lowest BCUT2D eigenvalue weighted by molar-refractivity contribution is 0.669. The highest BCUT2D eigenvalue weighted by atomic mass is 28.3. The molecule has 0 saturated carbocycles. The van der Waals surface area contributed by atoms with Crippen molar-refractivity contribution in [3.05, 3.63) is 261 Å². The lowest BCUT2D eigenvalue weighted by Crippen LogP contribution is -2.74. The predicted molar refractivity (Wildman–Crippen MR) is 268 cm³/mol. The van der Waals surface area contributed by atoms with Crippen LogP contribution in [0.3, 0.4) is 0 Å². The smallest absolute Gasteiger partial charge is 0.179 e. The third kappa shape index (κ3) is 7.05. The van der Waals surface area contributed by atoms with Gasteiger partial charge < -0.3 is 9.32 Å². The molecule has 0 saturated heterocycles. The summed E-state index contributed by atoms with van der Waals surface area (Å²) >= 11 is 0. The van der Waals surface area contributed by atoms with E-state index in [2.05, 4.69) is 254 Å². The van der Waals surface area contributed by atoms with E-state index < -0.39 is 8.07 Å². The third-order valence-electron chi connectivity index (χ3n) is 12.5. The van der Waals surface area contributed by atoms with Gasteiger partial charge in [-0.15, -0.1) is 0 Å². The molecular formula is C60H43NOSi. The minimum atomic E-state index is -2.61. The van der Waals surface area contributed by atoms with E-state index >= 15 is 0 Å². The molecule has 0 fully saturated rings. The van der Waals surface area contributed by atoms with Crippen molar-refractivity contribution < 1.29 is 4.42 Å². The Morgan fingerprint density at radius 3 is 1.06 bits per heavy atom. The largest absolute Gasteiger partial charge is 0.456 e. The summed E-state index contributed by atoms with van der Waals surface area (Å²) in [4.78, 5) is 2.34. The first-order valence-corrected chi connectivity index (χ1v) is 23.6. The zero-order valence-corrected chi connectivity index (χ0v) is 35.7. The van der Waals surface area contributed by atoms with E-state index in [-0.39, 0.29) is 0 Å². The monoisotopic (exact) mass is 821 g/mol. The maximum Gasteiger partial charge on any atom is 0.179 e. The Bertz CT molecular complexity index is 3180. The van der Waals surface area contributed by atoms with Crippen molar-refractivity contribution in [3.63, 3.8) is 0 Å². The van der Waals surface area contributed by atoms with Crippen LogP contribution >= 0.6 is 0 Å². The highest BCUT2D eigenvalue weighted by molar-refractivity contribution is 7.19. The number of hydrogen-bond donors (Lipinski definition) is 0. The van der Waals surface area contributed by atoms with Crippen molar-refractivity contribution in [2.45, 2.75) is 0 Å². The number of benzene rings is 10. The summed E-state index contributed by atoms with van der Waals surface area (Å²) in [6.07, 6.45) is 0. The van der Waals surface area contributed by atoms with Crippen molar-refractivity contribution in [3.8, 4) is 33.4 Å². The second kappa shape index (κ2) is 16.5. The number of furan rings is 1. The Hall–Kier alpha value is -7.98. The van der Waals surface area contributed by atoms with Crippen LogP contribution in [0.25, 0.3) is 55.3 Å². The molecule has 0 N–H and O–H groups in total. The van der Waals surface area contributed by atoms with E-state index in [1.165, 1.54) is 43.0 Å². The molecule has 0 radical (unpaired) electrons.